The highest BCUT2D eigenvalue weighted by Gasteiger charge is 2.32. The van der Waals surface area contributed by atoms with Crippen LogP contribution in [0.2, 0.25) is 0 Å². The topological polar surface area (TPSA) is 88.6 Å². The maximum Gasteiger partial charge on any atom is 0.248 e. The van der Waals surface area contributed by atoms with Gasteiger partial charge in [-0.25, -0.2) is 0 Å². The summed E-state index contributed by atoms with van der Waals surface area (Å²) in [6.45, 7) is 4.42. The van der Waals surface area contributed by atoms with Gasteiger partial charge in [0.2, 0.25) is 11.8 Å². The van der Waals surface area contributed by atoms with Gasteiger partial charge in [-0.1, -0.05) is 0 Å². The molecule has 1 aromatic heterocycles. The van der Waals surface area contributed by atoms with Crippen molar-refractivity contribution >= 4 is 17.5 Å². The Morgan fingerprint density at radius 1 is 1.24 bits per heavy atom. The standard InChI is InChI=1S/C19H23N3O3/c1-12-9-14(4-8-17(12)19(20)24)21-10-18(23)22(15-5-6-15)11-16-7-3-13(2)25-16/h3-4,7-9,15,21H,5-6,10-11H2,1-2H3,(H2,20,24). The number of furan rings is 1. The molecule has 25 heavy (non-hydrogen) atoms. The summed E-state index contributed by atoms with van der Waals surface area (Å²) in [5.41, 5.74) is 7.38. The van der Waals surface area contributed by atoms with Crippen molar-refractivity contribution in [3.63, 3.8) is 0 Å². The van der Waals surface area contributed by atoms with Crippen molar-refractivity contribution in [1.82, 2.24) is 4.90 Å². The molecule has 6 heteroatoms. The third kappa shape index (κ3) is 4.21. The van der Waals surface area contributed by atoms with Crippen molar-refractivity contribution in [3.8, 4) is 0 Å². The summed E-state index contributed by atoms with van der Waals surface area (Å²) < 4.78 is 5.60. The van der Waals surface area contributed by atoms with Crippen molar-refractivity contribution in [3.05, 3.63) is 53.0 Å². The number of carbonyl (C=O) groups excluding carboxylic acids is 2. The minimum Gasteiger partial charge on any atom is -0.464 e. The molecule has 2 aromatic rings. The second kappa shape index (κ2) is 7.01. The van der Waals surface area contributed by atoms with Crippen molar-refractivity contribution in [1.29, 1.82) is 0 Å². The smallest absolute Gasteiger partial charge is 0.248 e. The number of rotatable bonds is 7. The van der Waals surface area contributed by atoms with Gasteiger partial charge in [0.25, 0.3) is 0 Å². The molecule has 6 nitrogen and oxygen atoms in total. The first-order valence-electron chi connectivity index (χ1n) is 8.43. The summed E-state index contributed by atoms with van der Waals surface area (Å²) >= 11 is 0. The minimum atomic E-state index is -0.450. The maximum atomic E-state index is 12.6. The molecule has 1 aromatic carbocycles. The van der Waals surface area contributed by atoms with Gasteiger partial charge in [0.15, 0.2) is 0 Å². The van der Waals surface area contributed by atoms with E-state index in [4.69, 9.17) is 10.2 Å². The summed E-state index contributed by atoms with van der Waals surface area (Å²) in [5, 5.41) is 3.13. The fourth-order valence-corrected chi connectivity index (χ4v) is 2.87. The molecule has 2 amide bonds. The van der Waals surface area contributed by atoms with Crippen molar-refractivity contribution < 1.29 is 14.0 Å². The molecule has 0 unspecified atom stereocenters. The van der Waals surface area contributed by atoms with Crippen LogP contribution < -0.4 is 11.1 Å². The first-order chi connectivity index (χ1) is 11.9. The van der Waals surface area contributed by atoms with E-state index < -0.39 is 5.91 Å². The Morgan fingerprint density at radius 2 is 2.00 bits per heavy atom. The molecule has 0 saturated heterocycles. The lowest BCUT2D eigenvalue weighted by Gasteiger charge is -2.22. The van der Waals surface area contributed by atoms with E-state index in [1.807, 2.05) is 36.9 Å². The molecular weight excluding hydrogens is 318 g/mol. The lowest BCUT2D eigenvalue weighted by atomic mass is 10.1. The van der Waals surface area contributed by atoms with Crippen LogP contribution in [0.1, 0.15) is 40.3 Å². The van der Waals surface area contributed by atoms with Crippen molar-refractivity contribution in [2.24, 2.45) is 5.73 Å². The second-order valence-electron chi connectivity index (χ2n) is 6.51. The van der Waals surface area contributed by atoms with Crippen LogP contribution in [0.3, 0.4) is 0 Å². The number of amides is 2. The van der Waals surface area contributed by atoms with E-state index in [0.29, 0.717) is 18.2 Å². The van der Waals surface area contributed by atoms with Gasteiger partial charge in [-0.15, -0.1) is 0 Å². The quantitative estimate of drug-likeness (QED) is 0.810. The molecule has 0 spiro atoms. The van der Waals surface area contributed by atoms with E-state index in [9.17, 15) is 9.59 Å². The Hall–Kier alpha value is -2.76. The van der Waals surface area contributed by atoms with Crippen molar-refractivity contribution in [2.45, 2.75) is 39.3 Å². The Balaban J connectivity index is 1.62. The third-order valence-corrected chi connectivity index (χ3v) is 4.37. The fraction of sp³-hybridized carbons (Fsp3) is 0.368. The normalized spacial score (nSPS) is 13.5. The molecule has 1 heterocycles. The summed E-state index contributed by atoms with van der Waals surface area (Å²) in [6, 6.07) is 9.39. The maximum absolute atomic E-state index is 12.6. The number of benzene rings is 1. The average molecular weight is 341 g/mol. The van der Waals surface area contributed by atoms with Crippen LogP contribution in [0, 0.1) is 13.8 Å². The summed E-state index contributed by atoms with van der Waals surface area (Å²) in [6.07, 6.45) is 2.08. The third-order valence-electron chi connectivity index (χ3n) is 4.37. The Kier molecular flexibility index (Phi) is 4.79. The molecule has 1 aliphatic carbocycles. The van der Waals surface area contributed by atoms with Gasteiger partial charge >= 0.3 is 0 Å². The van der Waals surface area contributed by atoms with E-state index in [-0.39, 0.29) is 12.5 Å². The number of hydrogen-bond donors (Lipinski definition) is 2. The number of carbonyl (C=O) groups is 2. The molecule has 132 valence electrons. The largest absolute Gasteiger partial charge is 0.464 e. The Bertz CT molecular complexity index is 793. The van der Waals surface area contributed by atoms with Crippen LogP contribution in [-0.2, 0) is 11.3 Å². The van der Waals surface area contributed by atoms with Crippen LogP contribution in [0.15, 0.2) is 34.7 Å². The summed E-state index contributed by atoms with van der Waals surface area (Å²) in [4.78, 5) is 25.8. The first kappa shape index (κ1) is 17.1. The zero-order valence-electron chi connectivity index (χ0n) is 14.5. The molecule has 1 aliphatic rings. The predicted octanol–water partition coefficient (Wildman–Crippen LogP) is 2.60. The van der Waals surface area contributed by atoms with Gasteiger partial charge in [-0.05, 0) is 62.6 Å². The molecule has 3 rings (SSSR count). The number of nitrogens with one attached hydrogen (secondary N) is 1. The number of primary amides is 1. The molecule has 1 fully saturated rings. The highest BCUT2D eigenvalue weighted by Crippen LogP contribution is 2.29. The predicted molar refractivity (Wildman–Crippen MR) is 95.2 cm³/mol. The molecule has 0 bridgehead atoms. The van der Waals surface area contributed by atoms with Gasteiger partial charge in [0, 0.05) is 17.3 Å². The van der Waals surface area contributed by atoms with E-state index >= 15 is 0 Å². The average Bonchev–Trinajstić information content (AvgIpc) is 3.32. The van der Waals surface area contributed by atoms with Gasteiger partial charge in [-0.3, -0.25) is 9.59 Å². The first-order valence-corrected chi connectivity index (χ1v) is 8.43. The number of anilines is 1. The molecule has 3 N–H and O–H groups in total. The van der Waals surface area contributed by atoms with E-state index in [1.54, 1.807) is 12.1 Å². The van der Waals surface area contributed by atoms with Crippen LogP contribution in [0.25, 0.3) is 0 Å². The van der Waals surface area contributed by atoms with Gasteiger partial charge in [-0.2, -0.15) is 0 Å². The van der Waals surface area contributed by atoms with E-state index in [0.717, 1.165) is 35.6 Å². The zero-order valence-corrected chi connectivity index (χ0v) is 14.5. The van der Waals surface area contributed by atoms with E-state index in [2.05, 4.69) is 5.32 Å². The van der Waals surface area contributed by atoms with Crippen LogP contribution >= 0.6 is 0 Å². The Morgan fingerprint density at radius 3 is 2.56 bits per heavy atom. The lowest BCUT2D eigenvalue weighted by Crippen LogP contribution is -2.36. The van der Waals surface area contributed by atoms with Gasteiger partial charge in [0.05, 0.1) is 13.1 Å². The second-order valence-corrected chi connectivity index (χ2v) is 6.51. The molecule has 0 aliphatic heterocycles. The highest BCUT2D eigenvalue weighted by molar-refractivity contribution is 5.94. The molecule has 0 radical (unpaired) electrons. The number of aryl methyl sites for hydroxylation is 2. The minimum absolute atomic E-state index is 0.0354. The van der Waals surface area contributed by atoms with Gasteiger partial charge < -0.3 is 20.4 Å². The monoisotopic (exact) mass is 341 g/mol. The summed E-state index contributed by atoms with van der Waals surface area (Å²) in [7, 11) is 0. The van der Waals surface area contributed by atoms with Crippen LogP contribution in [0.4, 0.5) is 5.69 Å². The lowest BCUT2D eigenvalue weighted by molar-refractivity contribution is -0.130. The molecular formula is C19H23N3O3. The zero-order chi connectivity index (χ0) is 18.0. The van der Waals surface area contributed by atoms with Crippen LogP contribution in [-0.4, -0.2) is 29.3 Å². The van der Waals surface area contributed by atoms with Gasteiger partial charge in [0.1, 0.15) is 11.5 Å². The molecule has 0 atom stereocenters. The highest BCUT2D eigenvalue weighted by atomic mass is 16.3. The number of hydrogen-bond acceptors (Lipinski definition) is 4. The van der Waals surface area contributed by atoms with Crippen LogP contribution in [0.5, 0.6) is 0 Å². The SMILES string of the molecule is Cc1ccc(CN(C(=O)CNc2ccc(C(N)=O)c(C)c2)C2CC2)o1. The fourth-order valence-electron chi connectivity index (χ4n) is 2.87. The summed E-state index contributed by atoms with van der Waals surface area (Å²) in [5.74, 6) is 1.24. The van der Waals surface area contributed by atoms with E-state index in [1.165, 1.54) is 0 Å². The Labute approximate surface area is 147 Å². The molecule has 1 saturated carbocycles. The van der Waals surface area contributed by atoms with Crippen molar-refractivity contribution in [2.75, 3.05) is 11.9 Å². The number of nitrogens with zero attached hydrogens (tertiary/aromatic N) is 1. The number of nitrogens with two attached hydrogens (primary N) is 1.